The minimum atomic E-state index is -0.612. The zero-order chi connectivity index (χ0) is 15.0. The van der Waals surface area contributed by atoms with Gasteiger partial charge < -0.3 is 0 Å². The molecule has 2 aromatic carbocycles. The van der Waals surface area contributed by atoms with E-state index < -0.39 is 7.92 Å². The standard InChI is InChI=1S/C17H19F2P/c1-10-6-14(18)7-11(2)16(10)20(5)17-12(3)8-15(19)9-13(17)4/h6-9H,1-5H3. The predicted octanol–water partition coefficient (Wildman–Crippen LogP) is 4.26. The van der Waals surface area contributed by atoms with Crippen molar-refractivity contribution in [1.82, 2.24) is 0 Å². The van der Waals surface area contributed by atoms with Crippen molar-refractivity contribution in [1.29, 1.82) is 0 Å². The van der Waals surface area contributed by atoms with Crippen molar-refractivity contribution in [2.75, 3.05) is 6.66 Å². The molecule has 0 amide bonds. The number of hydrogen-bond donors (Lipinski definition) is 0. The molecule has 106 valence electrons. The first kappa shape index (κ1) is 15.1. The van der Waals surface area contributed by atoms with Gasteiger partial charge in [0.2, 0.25) is 0 Å². The lowest BCUT2D eigenvalue weighted by Crippen LogP contribution is -2.21. The summed E-state index contributed by atoms with van der Waals surface area (Å²) >= 11 is 0. The summed E-state index contributed by atoms with van der Waals surface area (Å²) in [6.45, 7) is 9.93. The molecular formula is C17H19F2P. The van der Waals surface area contributed by atoms with Crippen LogP contribution in [0.4, 0.5) is 8.78 Å². The summed E-state index contributed by atoms with van der Waals surface area (Å²) < 4.78 is 26.9. The van der Waals surface area contributed by atoms with Gasteiger partial charge in [-0.2, -0.15) is 0 Å². The van der Waals surface area contributed by atoms with E-state index in [9.17, 15) is 8.78 Å². The van der Waals surface area contributed by atoms with Crippen molar-refractivity contribution in [2.24, 2.45) is 0 Å². The van der Waals surface area contributed by atoms with E-state index >= 15 is 0 Å². The summed E-state index contributed by atoms with van der Waals surface area (Å²) in [6.07, 6.45) is 0. The highest BCUT2D eigenvalue weighted by atomic mass is 31.1. The van der Waals surface area contributed by atoms with Crippen LogP contribution < -0.4 is 10.6 Å². The maximum atomic E-state index is 13.4. The summed E-state index contributed by atoms with van der Waals surface area (Å²) in [5, 5.41) is 2.39. The van der Waals surface area contributed by atoms with Gasteiger partial charge in [-0.3, -0.25) is 0 Å². The van der Waals surface area contributed by atoms with Crippen LogP contribution >= 0.6 is 7.92 Å². The van der Waals surface area contributed by atoms with E-state index in [1.165, 1.54) is 10.6 Å². The van der Waals surface area contributed by atoms with E-state index in [-0.39, 0.29) is 11.6 Å². The molecular weight excluding hydrogens is 273 g/mol. The maximum absolute atomic E-state index is 13.4. The zero-order valence-electron chi connectivity index (χ0n) is 12.5. The Morgan fingerprint density at radius 3 is 1.15 bits per heavy atom. The van der Waals surface area contributed by atoms with Gasteiger partial charge in [0.1, 0.15) is 11.6 Å². The van der Waals surface area contributed by atoms with Gasteiger partial charge in [0, 0.05) is 0 Å². The molecule has 0 aliphatic heterocycles. The van der Waals surface area contributed by atoms with Crippen molar-refractivity contribution < 1.29 is 8.78 Å². The molecule has 0 N–H and O–H groups in total. The van der Waals surface area contributed by atoms with E-state index in [0.717, 1.165) is 22.3 Å². The molecule has 20 heavy (non-hydrogen) atoms. The second kappa shape index (κ2) is 5.61. The third-order valence-electron chi connectivity index (χ3n) is 3.58. The monoisotopic (exact) mass is 292 g/mol. The lowest BCUT2D eigenvalue weighted by Gasteiger charge is -2.22. The van der Waals surface area contributed by atoms with Crippen LogP contribution in [-0.4, -0.2) is 6.66 Å². The number of benzene rings is 2. The van der Waals surface area contributed by atoms with Crippen molar-refractivity contribution in [3.05, 3.63) is 58.2 Å². The van der Waals surface area contributed by atoms with Gasteiger partial charge in [0.25, 0.3) is 0 Å². The summed E-state index contributed by atoms with van der Waals surface area (Å²) in [7, 11) is -0.612. The van der Waals surface area contributed by atoms with E-state index in [1.807, 2.05) is 27.7 Å². The van der Waals surface area contributed by atoms with Gasteiger partial charge in [-0.25, -0.2) is 8.78 Å². The van der Waals surface area contributed by atoms with Crippen molar-refractivity contribution in [3.8, 4) is 0 Å². The molecule has 2 aromatic rings. The molecule has 0 bridgehead atoms. The minimum absolute atomic E-state index is 0.195. The average molecular weight is 292 g/mol. The molecule has 0 nitrogen and oxygen atoms in total. The topological polar surface area (TPSA) is 0 Å². The van der Waals surface area contributed by atoms with Crippen molar-refractivity contribution >= 4 is 18.5 Å². The second-order valence-corrected chi connectivity index (χ2v) is 7.35. The zero-order valence-corrected chi connectivity index (χ0v) is 13.4. The molecule has 0 radical (unpaired) electrons. The third kappa shape index (κ3) is 2.76. The Kier molecular flexibility index (Phi) is 4.25. The molecule has 0 heterocycles. The van der Waals surface area contributed by atoms with E-state index in [2.05, 4.69) is 6.66 Å². The van der Waals surface area contributed by atoms with Crippen LogP contribution in [0.3, 0.4) is 0 Å². The quantitative estimate of drug-likeness (QED) is 0.725. The molecule has 0 fully saturated rings. The van der Waals surface area contributed by atoms with E-state index in [1.54, 1.807) is 24.3 Å². The number of halogens is 2. The predicted molar refractivity (Wildman–Crippen MR) is 83.9 cm³/mol. The summed E-state index contributed by atoms with van der Waals surface area (Å²) in [5.41, 5.74) is 3.89. The van der Waals surface area contributed by atoms with E-state index in [0.29, 0.717) is 0 Å². The lowest BCUT2D eigenvalue weighted by atomic mass is 10.1. The lowest BCUT2D eigenvalue weighted by molar-refractivity contribution is 0.625. The number of aryl methyl sites for hydroxylation is 4. The Morgan fingerprint density at radius 1 is 0.650 bits per heavy atom. The summed E-state index contributed by atoms with van der Waals surface area (Å²) in [6, 6.07) is 6.31. The van der Waals surface area contributed by atoms with Gasteiger partial charge in [-0.1, -0.05) is 0 Å². The highest BCUT2D eigenvalue weighted by Gasteiger charge is 2.18. The van der Waals surface area contributed by atoms with Gasteiger partial charge >= 0.3 is 0 Å². The molecule has 0 aliphatic rings. The van der Waals surface area contributed by atoms with E-state index in [4.69, 9.17) is 0 Å². The average Bonchev–Trinajstić information content (AvgIpc) is 2.25. The fourth-order valence-electron chi connectivity index (χ4n) is 2.98. The van der Waals surface area contributed by atoms with Crippen LogP contribution in [0.15, 0.2) is 24.3 Å². The molecule has 0 aromatic heterocycles. The molecule has 0 saturated heterocycles. The second-order valence-electron chi connectivity index (χ2n) is 5.34. The first-order valence-corrected chi connectivity index (χ1v) is 8.37. The van der Waals surface area contributed by atoms with Crippen LogP contribution in [-0.2, 0) is 0 Å². The van der Waals surface area contributed by atoms with Gasteiger partial charge in [0.05, 0.1) is 0 Å². The Labute approximate surface area is 120 Å². The van der Waals surface area contributed by atoms with Crippen LogP contribution in [0.5, 0.6) is 0 Å². The highest BCUT2D eigenvalue weighted by Crippen LogP contribution is 2.35. The molecule has 2 rings (SSSR count). The fourth-order valence-corrected chi connectivity index (χ4v) is 5.57. The highest BCUT2D eigenvalue weighted by molar-refractivity contribution is 7.72. The summed E-state index contributed by atoms with van der Waals surface area (Å²) in [5.74, 6) is -0.389. The summed E-state index contributed by atoms with van der Waals surface area (Å²) in [4.78, 5) is 0. The first-order chi connectivity index (χ1) is 9.31. The van der Waals surface area contributed by atoms with Gasteiger partial charge in [-0.05, 0) is 99.4 Å². The van der Waals surface area contributed by atoms with Crippen molar-refractivity contribution in [2.45, 2.75) is 27.7 Å². The number of rotatable bonds is 2. The molecule has 0 spiro atoms. The Bertz CT molecular complexity index is 559. The van der Waals surface area contributed by atoms with Crippen molar-refractivity contribution in [3.63, 3.8) is 0 Å². The number of hydrogen-bond acceptors (Lipinski definition) is 0. The molecule has 0 saturated carbocycles. The molecule has 0 atom stereocenters. The SMILES string of the molecule is Cc1cc(F)cc(C)c1P(C)c1c(C)cc(F)cc1C. The third-order valence-corrected chi connectivity index (χ3v) is 6.33. The molecule has 3 heteroatoms. The normalized spacial score (nSPS) is 11.2. The Morgan fingerprint density at radius 2 is 0.900 bits per heavy atom. The fraction of sp³-hybridized carbons (Fsp3) is 0.294. The molecule has 0 aliphatic carbocycles. The van der Waals surface area contributed by atoms with Crippen LogP contribution in [0.25, 0.3) is 0 Å². The van der Waals surface area contributed by atoms with Crippen LogP contribution in [0, 0.1) is 39.3 Å². The van der Waals surface area contributed by atoms with Crippen LogP contribution in [0.1, 0.15) is 22.3 Å². The minimum Gasteiger partial charge on any atom is -0.207 e. The van der Waals surface area contributed by atoms with Gasteiger partial charge in [0.15, 0.2) is 0 Å². The smallest absolute Gasteiger partial charge is 0.123 e. The Hall–Kier alpha value is -1.27. The first-order valence-electron chi connectivity index (χ1n) is 6.58. The van der Waals surface area contributed by atoms with Crippen LogP contribution in [0.2, 0.25) is 0 Å². The largest absolute Gasteiger partial charge is 0.207 e. The maximum Gasteiger partial charge on any atom is 0.123 e. The Balaban J connectivity index is 2.61. The molecule has 0 unspecified atom stereocenters. The van der Waals surface area contributed by atoms with Gasteiger partial charge in [-0.15, -0.1) is 0 Å².